The largest absolute Gasteiger partial charge is 0.481 e. The first-order valence-corrected chi connectivity index (χ1v) is 6.55. The lowest BCUT2D eigenvalue weighted by atomic mass is 10.1. The SMILES string of the molecule is COc1cccc(CNCCc2ccccc2C)n1. The molecule has 0 spiro atoms. The van der Waals surface area contributed by atoms with E-state index in [1.54, 1.807) is 7.11 Å². The molecule has 0 aliphatic heterocycles. The predicted molar refractivity (Wildman–Crippen MR) is 77.4 cm³/mol. The van der Waals surface area contributed by atoms with Gasteiger partial charge in [-0.05, 0) is 37.1 Å². The molecule has 0 unspecified atom stereocenters. The van der Waals surface area contributed by atoms with Crippen LogP contribution in [0.2, 0.25) is 0 Å². The molecule has 0 aliphatic rings. The van der Waals surface area contributed by atoms with E-state index in [-0.39, 0.29) is 0 Å². The number of rotatable bonds is 6. The normalized spacial score (nSPS) is 10.4. The molecule has 19 heavy (non-hydrogen) atoms. The van der Waals surface area contributed by atoms with Gasteiger partial charge in [0.25, 0.3) is 0 Å². The van der Waals surface area contributed by atoms with E-state index in [4.69, 9.17) is 4.74 Å². The monoisotopic (exact) mass is 256 g/mol. The molecule has 0 saturated heterocycles. The van der Waals surface area contributed by atoms with Gasteiger partial charge in [-0.1, -0.05) is 30.3 Å². The Balaban J connectivity index is 1.79. The predicted octanol–water partition coefficient (Wildman–Crippen LogP) is 2.73. The summed E-state index contributed by atoms with van der Waals surface area (Å²) in [6.07, 6.45) is 1.04. The molecule has 0 amide bonds. The van der Waals surface area contributed by atoms with Gasteiger partial charge in [-0.2, -0.15) is 0 Å². The minimum absolute atomic E-state index is 0.665. The number of benzene rings is 1. The molecule has 3 nitrogen and oxygen atoms in total. The van der Waals surface area contributed by atoms with E-state index in [2.05, 4.69) is 41.5 Å². The van der Waals surface area contributed by atoms with Gasteiger partial charge in [0.2, 0.25) is 5.88 Å². The van der Waals surface area contributed by atoms with Crippen molar-refractivity contribution < 1.29 is 4.74 Å². The molecular weight excluding hydrogens is 236 g/mol. The summed E-state index contributed by atoms with van der Waals surface area (Å²) in [4.78, 5) is 4.37. The average molecular weight is 256 g/mol. The van der Waals surface area contributed by atoms with E-state index in [1.165, 1.54) is 11.1 Å². The molecule has 3 heteroatoms. The van der Waals surface area contributed by atoms with Crippen LogP contribution in [-0.4, -0.2) is 18.6 Å². The van der Waals surface area contributed by atoms with Crippen molar-refractivity contribution in [2.45, 2.75) is 19.9 Å². The van der Waals surface area contributed by atoms with Crippen LogP contribution in [0.1, 0.15) is 16.8 Å². The van der Waals surface area contributed by atoms with Crippen molar-refractivity contribution >= 4 is 0 Å². The Kier molecular flexibility index (Phi) is 4.93. The molecule has 0 bridgehead atoms. The summed E-state index contributed by atoms with van der Waals surface area (Å²) in [5.41, 5.74) is 3.75. The van der Waals surface area contributed by atoms with Crippen LogP contribution in [0, 0.1) is 6.92 Å². The number of hydrogen-bond acceptors (Lipinski definition) is 3. The highest BCUT2D eigenvalue weighted by Crippen LogP contribution is 2.08. The topological polar surface area (TPSA) is 34.1 Å². The Hall–Kier alpha value is -1.87. The van der Waals surface area contributed by atoms with E-state index in [9.17, 15) is 0 Å². The summed E-state index contributed by atoms with van der Waals surface area (Å²) < 4.78 is 5.11. The summed E-state index contributed by atoms with van der Waals surface area (Å²) in [7, 11) is 1.64. The van der Waals surface area contributed by atoms with Crippen LogP contribution in [0.5, 0.6) is 5.88 Å². The fraction of sp³-hybridized carbons (Fsp3) is 0.312. The summed E-state index contributed by atoms with van der Waals surface area (Å²) in [5.74, 6) is 0.665. The van der Waals surface area contributed by atoms with Crippen molar-refractivity contribution in [2.24, 2.45) is 0 Å². The molecule has 0 aliphatic carbocycles. The maximum Gasteiger partial charge on any atom is 0.213 e. The Morgan fingerprint density at radius 2 is 1.95 bits per heavy atom. The van der Waals surface area contributed by atoms with E-state index >= 15 is 0 Å². The first-order valence-electron chi connectivity index (χ1n) is 6.55. The second-order valence-electron chi connectivity index (χ2n) is 4.52. The third-order valence-corrected chi connectivity index (χ3v) is 3.13. The van der Waals surface area contributed by atoms with Crippen molar-refractivity contribution in [3.8, 4) is 5.88 Å². The van der Waals surface area contributed by atoms with Gasteiger partial charge >= 0.3 is 0 Å². The van der Waals surface area contributed by atoms with Gasteiger partial charge in [0.1, 0.15) is 0 Å². The zero-order chi connectivity index (χ0) is 13.5. The summed E-state index contributed by atoms with van der Waals surface area (Å²) >= 11 is 0. The molecule has 100 valence electrons. The van der Waals surface area contributed by atoms with Crippen molar-refractivity contribution in [3.63, 3.8) is 0 Å². The van der Waals surface area contributed by atoms with Crippen molar-refractivity contribution in [3.05, 3.63) is 59.3 Å². The van der Waals surface area contributed by atoms with E-state index < -0.39 is 0 Å². The zero-order valence-corrected chi connectivity index (χ0v) is 11.5. The molecule has 0 radical (unpaired) electrons. The number of ether oxygens (including phenoxy) is 1. The number of pyridine rings is 1. The lowest BCUT2D eigenvalue weighted by Crippen LogP contribution is -2.17. The van der Waals surface area contributed by atoms with Gasteiger partial charge in [-0.25, -0.2) is 4.98 Å². The highest BCUT2D eigenvalue weighted by molar-refractivity contribution is 5.25. The number of nitrogens with zero attached hydrogens (tertiary/aromatic N) is 1. The fourth-order valence-corrected chi connectivity index (χ4v) is 2.00. The Labute approximate surface area is 114 Å². The highest BCUT2D eigenvalue weighted by Gasteiger charge is 1.99. The molecule has 0 atom stereocenters. The van der Waals surface area contributed by atoms with Crippen LogP contribution in [0.3, 0.4) is 0 Å². The van der Waals surface area contributed by atoms with Crippen LogP contribution in [0.25, 0.3) is 0 Å². The number of methoxy groups -OCH3 is 1. The van der Waals surface area contributed by atoms with E-state index in [0.717, 1.165) is 25.2 Å². The number of aryl methyl sites for hydroxylation is 1. The second-order valence-corrected chi connectivity index (χ2v) is 4.52. The van der Waals surface area contributed by atoms with Crippen molar-refractivity contribution in [1.82, 2.24) is 10.3 Å². The lowest BCUT2D eigenvalue weighted by Gasteiger charge is -2.07. The van der Waals surface area contributed by atoms with Crippen LogP contribution in [-0.2, 0) is 13.0 Å². The smallest absolute Gasteiger partial charge is 0.213 e. The molecule has 1 aromatic heterocycles. The lowest BCUT2D eigenvalue weighted by molar-refractivity contribution is 0.395. The third kappa shape index (κ3) is 4.07. The standard InChI is InChI=1S/C16H20N2O/c1-13-6-3-4-7-14(13)10-11-17-12-15-8-5-9-16(18-15)19-2/h3-9,17H,10-12H2,1-2H3. The molecule has 1 heterocycles. The van der Waals surface area contributed by atoms with Gasteiger partial charge in [-0.3, -0.25) is 0 Å². The fourth-order valence-electron chi connectivity index (χ4n) is 2.00. The Morgan fingerprint density at radius 1 is 1.11 bits per heavy atom. The van der Waals surface area contributed by atoms with Gasteiger partial charge in [0.05, 0.1) is 12.8 Å². The molecular formula is C16H20N2O. The average Bonchev–Trinajstić information content (AvgIpc) is 2.45. The maximum atomic E-state index is 5.11. The van der Waals surface area contributed by atoms with Gasteiger partial charge in [0.15, 0.2) is 0 Å². The van der Waals surface area contributed by atoms with Crippen LogP contribution in [0.4, 0.5) is 0 Å². The molecule has 2 rings (SSSR count). The number of nitrogens with one attached hydrogen (secondary N) is 1. The number of hydrogen-bond donors (Lipinski definition) is 1. The summed E-state index contributed by atoms with van der Waals surface area (Å²) in [5, 5.41) is 3.41. The minimum atomic E-state index is 0.665. The third-order valence-electron chi connectivity index (χ3n) is 3.13. The number of aromatic nitrogens is 1. The molecule has 1 aromatic carbocycles. The minimum Gasteiger partial charge on any atom is -0.481 e. The molecule has 2 aromatic rings. The molecule has 1 N–H and O–H groups in total. The molecule has 0 saturated carbocycles. The summed E-state index contributed by atoms with van der Waals surface area (Å²) in [6, 6.07) is 14.3. The zero-order valence-electron chi connectivity index (χ0n) is 11.5. The maximum absolute atomic E-state index is 5.11. The second kappa shape index (κ2) is 6.90. The van der Waals surface area contributed by atoms with E-state index in [1.807, 2.05) is 18.2 Å². The Morgan fingerprint density at radius 3 is 2.74 bits per heavy atom. The van der Waals surface area contributed by atoms with Gasteiger partial charge in [-0.15, -0.1) is 0 Å². The van der Waals surface area contributed by atoms with Crippen LogP contribution >= 0.6 is 0 Å². The summed E-state index contributed by atoms with van der Waals surface area (Å²) in [6.45, 7) is 3.87. The first-order chi connectivity index (χ1) is 9.29. The highest BCUT2D eigenvalue weighted by atomic mass is 16.5. The van der Waals surface area contributed by atoms with Gasteiger partial charge in [0, 0.05) is 12.6 Å². The van der Waals surface area contributed by atoms with Crippen LogP contribution < -0.4 is 10.1 Å². The Bertz CT molecular complexity index is 526. The van der Waals surface area contributed by atoms with E-state index in [0.29, 0.717) is 5.88 Å². The molecule has 0 fully saturated rings. The quantitative estimate of drug-likeness (QED) is 0.807. The van der Waals surface area contributed by atoms with Crippen LogP contribution in [0.15, 0.2) is 42.5 Å². The van der Waals surface area contributed by atoms with Crippen molar-refractivity contribution in [2.75, 3.05) is 13.7 Å². The first kappa shape index (κ1) is 13.6. The van der Waals surface area contributed by atoms with Gasteiger partial charge < -0.3 is 10.1 Å². The van der Waals surface area contributed by atoms with Crippen molar-refractivity contribution in [1.29, 1.82) is 0 Å².